The van der Waals surface area contributed by atoms with Crippen LogP contribution in [0.15, 0.2) is 30.3 Å². The summed E-state index contributed by atoms with van der Waals surface area (Å²) in [5.41, 5.74) is 0.174. The molecule has 50 heavy (non-hydrogen) atoms. The molecule has 2 aliphatic heterocycles. The Morgan fingerprint density at radius 3 is 1.94 bits per heavy atom. The van der Waals surface area contributed by atoms with Crippen molar-refractivity contribution in [1.29, 1.82) is 0 Å². The summed E-state index contributed by atoms with van der Waals surface area (Å²) in [4.78, 5) is 84.4. The molecular formula is C33H34O17. The highest BCUT2D eigenvalue weighted by Crippen LogP contribution is 2.44. The van der Waals surface area contributed by atoms with E-state index in [0.717, 1.165) is 40.7 Å². The quantitative estimate of drug-likeness (QED) is 0.213. The summed E-state index contributed by atoms with van der Waals surface area (Å²) < 4.78 is 49.5. The molecule has 268 valence electrons. The number of aromatic hydroxyl groups is 1. The lowest BCUT2D eigenvalue weighted by atomic mass is 9.95. The van der Waals surface area contributed by atoms with Crippen LogP contribution in [0.4, 0.5) is 0 Å². The number of carbonyl (C=O) groups is 7. The fraction of sp³-hybridized carbons (Fsp3) is 0.424. The van der Waals surface area contributed by atoms with Crippen LogP contribution in [-0.2, 0) is 52.5 Å². The highest BCUT2D eigenvalue weighted by Gasteiger charge is 2.53. The zero-order valence-electron chi connectivity index (χ0n) is 27.7. The van der Waals surface area contributed by atoms with Gasteiger partial charge in [-0.2, -0.15) is 0 Å². The van der Waals surface area contributed by atoms with Gasteiger partial charge in [0.1, 0.15) is 41.6 Å². The molecule has 2 aromatic rings. The predicted octanol–water partition coefficient (Wildman–Crippen LogP) is 2.41. The fourth-order valence-electron chi connectivity index (χ4n) is 5.29. The Morgan fingerprint density at radius 2 is 1.34 bits per heavy atom. The van der Waals surface area contributed by atoms with Crippen molar-refractivity contribution < 1.29 is 81.3 Å². The summed E-state index contributed by atoms with van der Waals surface area (Å²) in [5.74, 6) is -6.13. The van der Waals surface area contributed by atoms with E-state index in [1.54, 1.807) is 0 Å². The van der Waals surface area contributed by atoms with Crippen molar-refractivity contribution in [1.82, 2.24) is 0 Å². The summed E-state index contributed by atoms with van der Waals surface area (Å²) in [6, 6.07) is 6.53. The maximum absolute atomic E-state index is 13.2. The first-order valence-corrected chi connectivity index (χ1v) is 15.1. The SMILES string of the molecule is CC(=O)OC[C@H]1O[C@@H](Oc2cc(O)c3c(c2)O[C@H](c2ccc(OC(C)=O)c(OC(C)=O)c2)CC3=O)[C@H](OC(C)=O)[C@@H](OC(C)=O)[C@@H]1OC(C)=O. The highest BCUT2D eigenvalue weighted by molar-refractivity contribution is 6.02. The minimum atomic E-state index is -1.64. The van der Waals surface area contributed by atoms with Crippen molar-refractivity contribution >= 4 is 41.6 Å². The Balaban J connectivity index is 1.70. The first-order chi connectivity index (χ1) is 23.5. The second kappa shape index (κ2) is 15.7. The fourth-order valence-corrected chi connectivity index (χ4v) is 5.29. The minimum Gasteiger partial charge on any atom is -0.507 e. The van der Waals surface area contributed by atoms with Crippen LogP contribution in [0, 0.1) is 0 Å². The van der Waals surface area contributed by atoms with Crippen molar-refractivity contribution in [3.05, 3.63) is 41.5 Å². The van der Waals surface area contributed by atoms with E-state index in [0.29, 0.717) is 5.56 Å². The number of carbonyl (C=O) groups excluding carboxylic acids is 7. The standard InChI is InChI=1S/C33H34O17/c1-14(34)42-13-28-30(45-17(4)37)31(46-18(5)38)32(47-19(6)39)33(50-28)48-21-10-22(40)29-23(41)12-25(49-27(29)11-21)20-7-8-24(43-15(2)35)26(9-20)44-16(3)36/h7-11,25,28,30-33,40H,12-13H2,1-6H3/t25-,28+,30+,31-,32+,33+/m0/s1. The maximum Gasteiger partial charge on any atom is 0.308 e. The van der Waals surface area contributed by atoms with Crippen molar-refractivity contribution in [2.45, 2.75) is 84.8 Å². The largest absolute Gasteiger partial charge is 0.507 e. The van der Waals surface area contributed by atoms with E-state index >= 15 is 0 Å². The number of ketones is 1. The minimum absolute atomic E-state index is 0.0443. The molecule has 4 rings (SSSR count). The van der Waals surface area contributed by atoms with Gasteiger partial charge in [-0.15, -0.1) is 0 Å². The lowest BCUT2D eigenvalue weighted by molar-refractivity contribution is -0.288. The van der Waals surface area contributed by atoms with Gasteiger partial charge in [-0.25, -0.2) is 0 Å². The molecule has 17 heteroatoms. The van der Waals surface area contributed by atoms with Gasteiger partial charge in [-0.05, 0) is 17.7 Å². The molecule has 0 unspecified atom stereocenters. The first kappa shape index (κ1) is 37.1. The Hall–Kier alpha value is -5.71. The van der Waals surface area contributed by atoms with Crippen LogP contribution in [-0.4, -0.2) is 84.0 Å². The number of fused-ring (bicyclic) bond motifs is 1. The Bertz CT molecular complexity index is 1700. The molecule has 1 saturated heterocycles. The van der Waals surface area contributed by atoms with Gasteiger partial charge in [0.25, 0.3) is 0 Å². The molecule has 17 nitrogen and oxygen atoms in total. The third-order valence-corrected chi connectivity index (χ3v) is 7.02. The van der Waals surface area contributed by atoms with E-state index in [-0.39, 0.29) is 35.0 Å². The monoisotopic (exact) mass is 702 g/mol. The molecule has 0 aliphatic carbocycles. The van der Waals surface area contributed by atoms with Gasteiger partial charge < -0.3 is 47.7 Å². The van der Waals surface area contributed by atoms with E-state index in [2.05, 4.69) is 0 Å². The van der Waals surface area contributed by atoms with Crippen LogP contribution in [0.1, 0.15) is 70.0 Å². The normalized spacial score (nSPS) is 22.5. The lowest BCUT2D eigenvalue weighted by Crippen LogP contribution is -2.63. The number of esters is 6. The van der Waals surface area contributed by atoms with Gasteiger partial charge in [-0.3, -0.25) is 33.6 Å². The van der Waals surface area contributed by atoms with Crippen LogP contribution in [0.5, 0.6) is 28.7 Å². The van der Waals surface area contributed by atoms with Crippen LogP contribution in [0.25, 0.3) is 0 Å². The number of Topliss-reactive ketones (excluding diaryl/α,β-unsaturated/α-hetero) is 1. The van der Waals surface area contributed by atoms with Gasteiger partial charge in [0.15, 0.2) is 29.5 Å². The molecule has 0 radical (unpaired) electrons. The molecule has 6 atom stereocenters. The van der Waals surface area contributed by atoms with Crippen LogP contribution < -0.4 is 18.9 Å². The molecule has 0 amide bonds. The predicted molar refractivity (Wildman–Crippen MR) is 162 cm³/mol. The Labute approximate surface area is 284 Å². The first-order valence-electron chi connectivity index (χ1n) is 15.1. The van der Waals surface area contributed by atoms with Crippen molar-refractivity contribution in [2.24, 2.45) is 0 Å². The van der Waals surface area contributed by atoms with Crippen molar-refractivity contribution in [3.63, 3.8) is 0 Å². The topological polar surface area (TPSA) is 223 Å². The molecule has 2 aromatic carbocycles. The second-order valence-electron chi connectivity index (χ2n) is 11.1. The van der Waals surface area contributed by atoms with Gasteiger partial charge in [0.05, 0.1) is 6.42 Å². The summed E-state index contributed by atoms with van der Waals surface area (Å²) in [5, 5.41) is 10.9. The number of benzene rings is 2. The number of rotatable bonds is 10. The third-order valence-electron chi connectivity index (χ3n) is 7.02. The zero-order valence-corrected chi connectivity index (χ0v) is 27.7. The lowest BCUT2D eigenvalue weighted by Gasteiger charge is -2.44. The molecular weight excluding hydrogens is 668 g/mol. The number of hydrogen-bond acceptors (Lipinski definition) is 17. The number of ether oxygens (including phenoxy) is 9. The van der Waals surface area contributed by atoms with Crippen LogP contribution in [0.3, 0.4) is 0 Å². The highest BCUT2D eigenvalue weighted by atomic mass is 16.7. The summed E-state index contributed by atoms with van der Waals surface area (Å²) in [6.07, 6.45) is -8.68. The smallest absolute Gasteiger partial charge is 0.308 e. The van der Waals surface area contributed by atoms with E-state index in [4.69, 9.17) is 42.6 Å². The third kappa shape index (κ3) is 9.25. The average Bonchev–Trinajstić information content (AvgIpc) is 2.98. The van der Waals surface area contributed by atoms with Crippen LogP contribution >= 0.6 is 0 Å². The number of hydrogen-bond donors (Lipinski definition) is 1. The zero-order chi connectivity index (χ0) is 36.9. The van der Waals surface area contributed by atoms with Gasteiger partial charge in [-0.1, -0.05) is 6.07 Å². The van der Waals surface area contributed by atoms with Gasteiger partial charge in [0, 0.05) is 53.7 Å². The maximum atomic E-state index is 13.2. The number of phenols is 1. The molecule has 1 N–H and O–H groups in total. The van der Waals surface area contributed by atoms with Crippen LogP contribution in [0.2, 0.25) is 0 Å². The molecule has 2 aliphatic rings. The molecule has 0 saturated carbocycles. The van der Waals surface area contributed by atoms with Crippen molar-refractivity contribution in [3.8, 4) is 28.7 Å². The van der Waals surface area contributed by atoms with Crippen molar-refractivity contribution in [2.75, 3.05) is 6.61 Å². The van der Waals surface area contributed by atoms with E-state index in [1.165, 1.54) is 31.2 Å². The Morgan fingerprint density at radius 1 is 0.740 bits per heavy atom. The second-order valence-corrected chi connectivity index (χ2v) is 11.1. The summed E-state index contributed by atoms with van der Waals surface area (Å²) in [7, 11) is 0. The molecule has 0 aromatic heterocycles. The molecule has 2 heterocycles. The van der Waals surface area contributed by atoms with Gasteiger partial charge >= 0.3 is 35.8 Å². The van der Waals surface area contributed by atoms with E-state index < -0.39 is 90.8 Å². The van der Waals surface area contributed by atoms with E-state index in [9.17, 15) is 38.7 Å². The van der Waals surface area contributed by atoms with Gasteiger partial charge in [0.2, 0.25) is 12.4 Å². The Kier molecular flexibility index (Phi) is 11.6. The summed E-state index contributed by atoms with van der Waals surface area (Å²) >= 11 is 0. The summed E-state index contributed by atoms with van der Waals surface area (Å²) in [6.45, 7) is 6.14. The van der Waals surface area contributed by atoms with E-state index in [1.807, 2.05) is 0 Å². The average molecular weight is 703 g/mol. The molecule has 0 spiro atoms. The molecule has 1 fully saturated rings. The molecule has 0 bridgehead atoms. The number of phenolic OH excluding ortho intramolecular Hbond substituents is 1.